The Bertz CT molecular complexity index is 708. The first kappa shape index (κ1) is 14.8. The van der Waals surface area contributed by atoms with Gasteiger partial charge in [-0.2, -0.15) is 5.10 Å². The molecule has 1 aliphatic rings. The molecule has 116 valence electrons. The maximum absolute atomic E-state index is 12.3. The third-order valence-corrected chi connectivity index (χ3v) is 5.04. The quantitative estimate of drug-likeness (QED) is 0.908. The van der Waals surface area contributed by atoms with Crippen molar-refractivity contribution in [3.63, 3.8) is 0 Å². The third-order valence-electron chi connectivity index (χ3n) is 3.80. The van der Waals surface area contributed by atoms with Crippen LogP contribution < -0.4 is 10.6 Å². The summed E-state index contributed by atoms with van der Waals surface area (Å²) in [4.78, 5) is 26.0. The van der Waals surface area contributed by atoms with Gasteiger partial charge in [-0.1, -0.05) is 0 Å². The summed E-state index contributed by atoms with van der Waals surface area (Å²) in [5.74, 6) is -0.0134. The van der Waals surface area contributed by atoms with Crippen LogP contribution in [0.4, 0.5) is 5.82 Å². The van der Waals surface area contributed by atoms with Gasteiger partial charge in [-0.3, -0.25) is 14.3 Å². The molecule has 7 heteroatoms. The summed E-state index contributed by atoms with van der Waals surface area (Å²) in [6, 6.07) is 3.56. The molecule has 0 aromatic carbocycles. The number of fused-ring (bicyclic) bond motifs is 1. The Morgan fingerprint density at radius 3 is 2.73 bits per heavy atom. The summed E-state index contributed by atoms with van der Waals surface area (Å²) in [7, 11) is 3.23. The maximum Gasteiger partial charge on any atom is 0.269 e. The van der Waals surface area contributed by atoms with E-state index in [1.54, 1.807) is 31.5 Å². The summed E-state index contributed by atoms with van der Waals surface area (Å²) >= 11 is 1.56. The molecule has 0 spiro atoms. The van der Waals surface area contributed by atoms with Crippen molar-refractivity contribution in [2.75, 3.05) is 12.4 Å². The predicted molar refractivity (Wildman–Crippen MR) is 85.5 cm³/mol. The van der Waals surface area contributed by atoms with E-state index in [1.165, 1.54) is 28.0 Å². The average molecular weight is 318 g/mol. The zero-order chi connectivity index (χ0) is 15.7. The van der Waals surface area contributed by atoms with Crippen LogP contribution in [0.15, 0.2) is 12.1 Å². The van der Waals surface area contributed by atoms with E-state index in [2.05, 4.69) is 15.7 Å². The van der Waals surface area contributed by atoms with Gasteiger partial charge in [-0.15, -0.1) is 11.3 Å². The summed E-state index contributed by atoms with van der Waals surface area (Å²) in [5, 5.41) is 9.47. The molecule has 0 unspecified atom stereocenters. The van der Waals surface area contributed by atoms with Gasteiger partial charge in [0.05, 0.1) is 4.88 Å². The highest BCUT2D eigenvalue weighted by Crippen LogP contribution is 2.30. The lowest BCUT2D eigenvalue weighted by molar-refractivity contribution is 0.0953. The zero-order valence-corrected chi connectivity index (χ0v) is 13.4. The summed E-state index contributed by atoms with van der Waals surface area (Å²) in [6.07, 6.45) is 4.52. The first-order valence-corrected chi connectivity index (χ1v) is 8.09. The normalized spacial score (nSPS) is 13.5. The number of rotatable bonds is 3. The van der Waals surface area contributed by atoms with E-state index in [9.17, 15) is 9.59 Å². The molecule has 0 bridgehead atoms. The largest absolute Gasteiger partial charge is 0.354 e. The molecule has 6 nitrogen and oxygen atoms in total. The Labute approximate surface area is 132 Å². The standard InChI is InChI=1S/C15H18N4O2S/c1-16-14(20)10-8-13(18-19(10)2)17-15(21)12-7-9-5-3-4-6-11(9)22-12/h7-8H,3-6H2,1-2H3,(H,16,20)(H,17,18,21). The molecule has 0 saturated heterocycles. The van der Waals surface area contributed by atoms with Gasteiger partial charge < -0.3 is 10.6 Å². The smallest absolute Gasteiger partial charge is 0.269 e. The number of nitrogens with zero attached hydrogens (tertiary/aromatic N) is 2. The van der Waals surface area contributed by atoms with E-state index in [0.717, 1.165) is 12.8 Å². The van der Waals surface area contributed by atoms with Crippen molar-refractivity contribution >= 4 is 29.0 Å². The zero-order valence-electron chi connectivity index (χ0n) is 12.6. The Hall–Kier alpha value is -2.15. The third kappa shape index (κ3) is 2.76. The summed E-state index contributed by atoms with van der Waals surface area (Å²) in [6.45, 7) is 0. The number of carbonyl (C=O) groups is 2. The Morgan fingerprint density at radius 1 is 1.23 bits per heavy atom. The fraction of sp³-hybridized carbons (Fsp3) is 0.400. The highest BCUT2D eigenvalue weighted by molar-refractivity contribution is 7.14. The molecule has 0 saturated carbocycles. The van der Waals surface area contributed by atoms with Gasteiger partial charge in [-0.25, -0.2) is 0 Å². The molecule has 2 amide bonds. The van der Waals surface area contributed by atoms with Crippen molar-refractivity contribution in [2.45, 2.75) is 25.7 Å². The Balaban J connectivity index is 1.77. The van der Waals surface area contributed by atoms with Gasteiger partial charge >= 0.3 is 0 Å². The molecule has 0 radical (unpaired) electrons. The number of thiophene rings is 1. The van der Waals surface area contributed by atoms with Gasteiger partial charge in [0.25, 0.3) is 11.8 Å². The molecule has 0 aliphatic heterocycles. The number of aromatic nitrogens is 2. The van der Waals surface area contributed by atoms with Crippen LogP contribution in [0.25, 0.3) is 0 Å². The predicted octanol–water partition coefficient (Wildman–Crippen LogP) is 1.97. The van der Waals surface area contributed by atoms with E-state index < -0.39 is 0 Å². The highest BCUT2D eigenvalue weighted by atomic mass is 32.1. The molecule has 2 N–H and O–H groups in total. The van der Waals surface area contributed by atoms with E-state index in [4.69, 9.17) is 0 Å². The molecule has 22 heavy (non-hydrogen) atoms. The average Bonchev–Trinajstić information content (AvgIpc) is 3.09. The Kier molecular flexibility index (Phi) is 3.98. The van der Waals surface area contributed by atoms with Crippen molar-refractivity contribution in [2.24, 2.45) is 7.05 Å². The van der Waals surface area contributed by atoms with E-state index >= 15 is 0 Å². The topological polar surface area (TPSA) is 76.0 Å². The minimum Gasteiger partial charge on any atom is -0.354 e. The van der Waals surface area contributed by atoms with Crippen molar-refractivity contribution in [1.29, 1.82) is 0 Å². The lowest BCUT2D eigenvalue weighted by Gasteiger charge is -2.08. The number of amides is 2. The van der Waals surface area contributed by atoms with Gasteiger partial charge in [0.15, 0.2) is 5.82 Å². The fourth-order valence-electron chi connectivity index (χ4n) is 2.65. The van der Waals surface area contributed by atoms with Crippen LogP contribution in [0, 0.1) is 0 Å². The molecular formula is C15H18N4O2S. The second kappa shape index (κ2) is 5.92. The van der Waals surface area contributed by atoms with E-state index in [0.29, 0.717) is 16.4 Å². The van der Waals surface area contributed by atoms with Crippen LogP contribution in [-0.4, -0.2) is 28.6 Å². The number of nitrogens with one attached hydrogen (secondary N) is 2. The molecule has 3 rings (SSSR count). The number of carbonyl (C=O) groups excluding carboxylic acids is 2. The minimum absolute atomic E-state index is 0.166. The number of hydrogen-bond donors (Lipinski definition) is 2. The van der Waals surface area contributed by atoms with Crippen LogP contribution in [0.2, 0.25) is 0 Å². The molecule has 2 heterocycles. The van der Waals surface area contributed by atoms with Gasteiger partial charge in [0, 0.05) is 25.0 Å². The van der Waals surface area contributed by atoms with Crippen molar-refractivity contribution in [3.8, 4) is 0 Å². The molecular weight excluding hydrogens is 300 g/mol. The Morgan fingerprint density at radius 2 is 2.00 bits per heavy atom. The van der Waals surface area contributed by atoms with Crippen LogP contribution in [-0.2, 0) is 19.9 Å². The van der Waals surface area contributed by atoms with Crippen LogP contribution >= 0.6 is 11.3 Å². The van der Waals surface area contributed by atoms with Crippen molar-refractivity contribution < 1.29 is 9.59 Å². The number of hydrogen-bond acceptors (Lipinski definition) is 4. The van der Waals surface area contributed by atoms with Gasteiger partial charge in [0.2, 0.25) is 0 Å². The lowest BCUT2D eigenvalue weighted by atomic mass is 9.99. The minimum atomic E-state index is -0.234. The van der Waals surface area contributed by atoms with E-state index in [1.807, 2.05) is 6.07 Å². The van der Waals surface area contributed by atoms with Gasteiger partial charge in [-0.05, 0) is 37.3 Å². The molecule has 2 aromatic heterocycles. The second-order valence-electron chi connectivity index (χ2n) is 5.34. The second-order valence-corrected chi connectivity index (χ2v) is 6.47. The van der Waals surface area contributed by atoms with Crippen molar-refractivity contribution in [1.82, 2.24) is 15.1 Å². The monoisotopic (exact) mass is 318 g/mol. The SMILES string of the molecule is CNC(=O)c1cc(NC(=O)c2cc3c(s2)CCCC3)nn1C. The van der Waals surface area contributed by atoms with Crippen molar-refractivity contribution in [3.05, 3.63) is 33.1 Å². The molecule has 1 aliphatic carbocycles. The number of anilines is 1. The van der Waals surface area contributed by atoms with Gasteiger partial charge in [0.1, 0.15) is 5.69 Å². The van der Waals surface area contributed by atoms with E-state index in [-0.39, 0.29) is 11.8 Å². The fourth-order valence-corrected chi connectivity index (χ4v) is 3.80. The molecule has 0 atom stereocenters. The lowest BCUT2D eigenvalue weighted by Crippen LogP contribution is -2.20. The first-order valence-electron chi connectivity index (χ1n) is 7.27. The highest BCUT2D eigenvalue weighted by Gasteiger charge is 2.19. The summed E-state index contributed by atoms with van der Waals surface area (Å²) < 4.78 is 1.45. The van der Waals surface area contributed by atoms with Crippen LogP contribution in [0.1, 0.15) is 43.4 Å². The molecule has 2 aromatic rings. The van der Waals surface area contributed by atoms with Crippen LogP contribution in [0.3, 0.4) is 0 Å². The van der Waals surface area contributed by atoms with Crippen LogP contribution in [0.5, 0.6) is 0 Å². The maximum atomic E-state index is 12.3. The molecule has 0 fully saturated rings. The summed E-state index contributed by atoms with van der Waals surface area (Å²) in [5.41, 5.74) is 1.71. The number of aryl methyl sites for hydroxylation is 3. The first-order chi connectivity index (χ1) is 10.6.